The van der Waals surface area contributed by atoms with Crippen molar-refractivity contribution in [1.82, 2.24) is 0 Å². The van der Waals surface area contributed by atoms with E-state index in [1.165, 1.54) is 31.2 Å². The van der Waals surface area contributed by atoms with Crippen LogP contribution in [0.2, 0.25) is 0 Å². The Morgan fingerprint density at radius 3 is 2.43 bits per heavy atom. The summed E-state index contributed by atoms with van der Waals surface area (Å²) < 4.78 is 20.5. The monoisotopic (exact) mass is 380 g/mol. The Balaban J connectivity index is 1.85. The molecule has 0 bridgehead atoms. The van der Waals surface area contributed by atoms with Crippen molar-refractivity contribution in [2.75, 3.05) is 0 Å². The molecule has 3 aromatic rings. The van der Waals surface area contributed by atoms with E-state index >= 15 is 0 Å². The van der Waals surface area contributed by atoms with E-state index in [2.05, 4.69) is 6.58 Å². The molecule has 0 spiro atoms. The molecular weight excluding hydrogens is 364 g/mol. The molecule has 0 amide bonds. The van der Waals surface area contributed by atoms with Gasteiger partial charge in [0.15, 0.2) is 11.5 Å². The van der Waals surface area contributed by atoms with E-state index in [9.17, 15) is 14.4 Å². The predicted octanol–water partition coefficient (Wildman–Crippen LogP) is 3.99. The van der Waals surface area contributed by atoms with Gasteiger partial charge in [-0.25, -0.2) is 14.4 Å². The zero-order valence-corrected chi connectivity index (χ0v) is 15.0. The minimum Gasteiger partial charge on any atom is -0.429 e. The number of fused-ring (bicyclic) bond motifs is 1. The van der Waals surface area contributed by atoms with E-state index in [-0.39, 0.29) is 29.3 Å². The number of hydrogen-bond acceptors (Lipinski definition) is 7. The molecule has 0 aliphatic rings. The summed E-state index contributed by atoms with van der Waals surface area (Å²) in [5.41, 5.74) is 0.531. The highest BCUT2D eigenvalue weighted by atomic mass is 16.7. The molecule has 0 fully saturated rings. The van der Waals surface area contributed by atoms with Crippen molar-refractivity contribution in [1.29, 1.82) is 0 Å². The lowest BCUT2D eigenvalue weighted by atomic mass is 10.2. The average molecular weight is 380 g/mol. The number of carbonyl (C=O) groups excluding carboxylic acids is 2. The Morgan fingerprint density at radius 1 is 1.00 bits per heavy atom. The molecule has 0 saturated heterocycles. The first-order valence-corrected chi connectivity index (χ1v) is 8.26. The normalized spacial score (nSPS) is 10.3. The Kier molecular flexibility index (Phi) is 5.55. The molecular formula is C21H16O7. The third-order valence-electron chi connectivity index (χ3n) is 3.63. The lowest BCUT2D eigenvalue weighted by molar-refractivity contribution is -0.130. The van der Waals surface area contributed by atoms with Gasteiger partial charge in [0.2, 0.25) is 0 Å². The molecule has 2 aromatic carbocycles. The van der Waals surface area contributed by atoms with Gasteiger partial charge in [-0.2, -0.15) is 0 Å². The van der Waals surface area contributed by atoms with E-state index in [1.54, 1.807) is 12.1 Å². The smallest absolute Gasteiger partial charge is 0.429 e. The second kappa shape index (κ2) is 8.22. The number of hydrogen-bond donors (Lipinski definition) is 0. The van der Waals surface area contributed by atoms with Crippen LogP contribution in [-0.2, 0) is 16.1 Å². The summed E-state index contributed by atoms with van der Waals surface area (Å²) in [5, 5.41) is 0.473. The number of ether oxygens (including phenoxy) is 3. The van der Waals surface area contributed by atoms with Gasteiger partial charge in [-0.15, -0.1) is 0 Å². The summed E-state index contributed by atoms with van der Waals surface area (Å²) in [6.07, 6.45) is -0.979. The van der Waals surface area contributed by atoms with Crippen molar-refractivity contribution in [3.05, 3.63) is 82.7 Å². The fourth-order valence-corrected chi connectivity index (χ4v) is 2.26. The van der Waals surface area contributed by atoms with Crippen molar-refractivity contribution in [3.8, 4) is 11.5 Å². The van der Waals surface area contributed by atoms with Crippen LogP contribution in [0.1, 0.15) is 12.5 Å². The van der Waals surface area contributed by atoms with Crippen LogP contribution in [0.5, 0.6) is 11.5 Å². The SMILES string of the molecule is C=C(C)C(=O)Oc1cc2oc(=O)ccc2cc1OC(=O)OCc1ccccc1. The fourth-order valence-electron chi connectivity index (χ4n) is 2.26. The molecule has 0 unspecified atom stereocenters. The summed E-state index contributed by atoms with van der Waals surface area (Å²) >= 11 is 0. The summed E-state index contributed by atoms with van der Waals surface area (Å²) in [6, 6.07) is 14.5. The first-order valence-electron chi connectivity index (χ1n) is 8.26. The zero-order chi connectivity index (χ0) is 20.1. The highest BCUT2D eigenvalue weighted by Crippen LogP contribution is 2.33. The van der Waals surface area contributed by atoms with Crippen molar-refractivity contribution in [2.45, 2.75) is 13.5 Å². The van der Waals surface area contributed by atoms with Gasteiger partial charge in [0, 0.05) is 23.1 Å². The quantitative estimate of drug-likeness (QED) is 0.217. The van der Waals surface area contributed by atoms with Gasteiger partial charge in [0.1, 0.15) is 12.2 Å². The van der Waals surface area contributed by atoms with E-state index < -0.39 is 17.8 Å². The number of rotatable bonds is 5. The predicted molar refractivity (Wildman–Crippen MR) is 100 cm³/mol. The Hall–Kier alpha value is -3.87. The molecule has 3 rings (SSSR count). The highest BCUT2D eigenvalue weighted by molar-refractivity contribution is 5.90. The molecule has 7 nitrogen and oxygen atoms in total. The molecule has 1 heterocycles. The van der Waals surface area contributed by atoms with Crippen molar-refractivity contribution >= 4 is 23.1 Å². The van der Waals surface area contributed by atoms with Crippen LogP contribution >= 0.6 is 0 Å². The standard InChI is InChI=1S/C21H16O7/c1-13(2)20(23)27-18-11-16-15(8-9-19(22)26-16)10-17(18)28-21(24)25-12-14-6-4-3-5-7-14/h3-11H,1,12H2,2H3. The van der Waals surface area contributed by atoms with Gasteiger partial charge in [-0.1, -0.05) is 36.9 Å². The first kappa shape index (κ1) is 18.9. The Bertz CT molecular complexity index is 1100. The molecule has 0 aliphatic carbocycles. The minimum atomic E-state index is -0.979. The van der Waals surface area contributed by atoms with Crippen LogP contribution < -0.4 is 15.1 Å². The number of benzene rings is 2. The second-order valence-electron chi connectivity index (χ2n) is 5.89. The molecule has 1 aromatic heterocycles. The summed E-state index contributed by atoms with van der Waals surface area (Å²) in [4.78, 5) is 35.4. The number of carbonyl (C=O) groups is 2. The number of esters is 1. The van der Waals surface area contributed by atoms with Crippen LogP contribution in [0.15, 0.2) is 76.0 Å². The lowest BCUT2D eigenvalue weighted by Gasteiger charge is -2.11. The van der Waals surface area contributed by atoms with Crippen LogP contribution in [-0.4, -0.2) is 12.1 Å². The van der Waals surface area contributed by atoms with Crippen LogP contribution in [0.3, 0.4) is 0 Å². The van der Waals surface area contributed by atoms with Crippen LogP contribution in [0, 0.1) is 0 Å². The molecule has 0 saturated carbocycles. The highest BCUT2D eigenvalue weighted by Gasteiger charge is 2.17. The van der Waals surface area contributed by atoms with E-state index in [4.69, 9.17) is 18.6 Å². The minimum absolute atomic E-state index is 0.0169. The molecule has 7 heteroatoms. The van der Waals surface area contributed by atoms with E-state index in [0.717, 1.165) is 5.56 Å². The first-order chi connectivity index (χ1) is 13.4. The van der Waals surface area contributed by atoms with Gasteiger partial charge in [0.25, 0.3) is 0 Å². The van der Waals surface area contributed by atoms with Crippen molar-refractivity contribution < 1.29 is 28.2 Å². The van der Waals surface area contributed by atoms with Crippen molar-refractivity contribution in [3.63, 3.8) is 0 Å². The Labute approximate surface area is 159 Å². The molecule has 0 aliphatic heterocycles. The summed E-state index contributed by atoms with van der Waals surface area (Å²) in [5.74, 6) is -0.888. The van der Waals surface area contributed by atoms with E-state index in [1.807, 2.05) is 18.2 Å². The molecule has 0 atom stereocenters. The molecule has 142 valence electrons. The molecule has 28 heavy (non-hydrogen) atoms. The summed E-state index contributed by atoms with van der Waals surface area (Å²) in [6.45, 7) is 4.99. The molecule has 0 N–H and O–H groups in total. The molecule has 0 radical (unpaired) electrons. The topological polar surface area (TPSA) is 92.0 Å². The van der Waals surface area contributed by atoms with Gasteiger partial charge in [-0.05, 0) is 24.6 Å². The van der Waals surface area contributed by atoms with Gasteiger partial charge in [0.05, 0.1) is 0 Å². The summed E-state index contributed by atoms with van der Waals surface area (Å²) in [7, 11) is 0. The maximum absolute atomic E-state index is 12.1. The van der Waals surface area contributed by atoms with Gasteiger partial charge in [-0.3, -0.25) is 0 Å². The maximum Gasteiger partial charge on any atom is 0.514 e. The van der Waals surface area contributed by atoms with E-state index in [0.29, 0.717) is 5.39 Å². The maximum atomic E-state index is 12.1. The largest absolute Gasteiger partial charge is 0.514 e. The van der Waals surface area contributed by atoms with Gasteiger partial charge < -0.3 is 18.6 Å². The Morgan fingerprint density at radius 2 is 1.71 bits per heavy atom. The second-order valence-corrected chi connectivity index (χ2v) is 5.89. The third kappa shape index (κ3) is 4.64. The van der Waals surface area contributed by atoms with Crippen LogP contribution in [0.25, 0.3) is 11.0 Å². The third-order valence-corrected chi connectivity index (χ3v) is 3.63. The average Bonchev–Trinajstić information content (AvgIpc) is 2.67. The lowest BCUT2D eigenvalue weighted by Crippen LogP contribution is -2.13. The van der Waals surface area contributed by atoms with Gasteiger partial charge >= 0.3 is 17.8 Å². The zero-order valence-electron chi connectivity index (χ0n) is 15.0. The van der Waals surface area contributed by atoms with Crippen molar-refractivity contribution in [2.24, 2.45) is 0 Å². The van der Waals surface area contributed by atoms with Crippen LogP contribution in [0.4, 0.5) is 4.79 Å². The fraction of sp³-hybridized carbons (Fsp3) is 0.0952.